The van der Waals surface area contributed by atoms with Gasteiger partial charge in [-0.3, -0.25) is 10.1 Å². The lowest BCUT2D eigenvalue weighted by Gasteiger charge is -2.35. The lowest BCUT2D eigenvalue weighted by atomic mass is 10.1. The van der Waals surface area contributed by atoms with Gasteiger partial charge in [0, 0.05) is 6.04 Å². The van der Waals surface area contributed by atoms with Gasteiger partial charge in [-0.1, -0.05) is 29.8 Å². The highest BCUT2D eigenvalue weighted by Crippen LogP contribution is 2.29. The third-order valence-electron chi connectivity index (χ3n) is 4.32. The van der Waals surface area contributed by atoms with Gasteiger partial charge >= 0.3 is 0 Å². The summed E-state index contributed by atoms with van der Waals surface area (Å²) < 4.78 is 23.1. The Morgan fingerprint density at radius 2 is 1.76 bits per heavy atom. The smallest absolute Gasteiger partial charge is 0.238 e. The molecule has 1 N–H and O–H groups in total. The summed E-state index contributed by atoms with van der Waals surface area (Å²) in [6, 6.07) is 8.13. The number of carbonyl (C=O) groups is 1. The van der Waals surface area contributed by atoms with Crippen LogP contribution < -0.4 is 5.32 Å². The molecule has 0 radical (unpaired) electrons. The molecule has 0 spiro atoms. The molecule has 5 nitrogen and oxygen atoms in total. The van der Waals surface area contributed by atoms with Crippen molar-refractivity contribution in [2.45, 2.75) is 32.0 Å². The average Bonchev–Trinajstić information content (AvgIpc) is 2.82. The maximum absolute atomic E-state index is 12.2. The third-order valence-corrected chi connectivity index (χ3v) is 6.04. The zero-order chi connectivity index (χ0) is 15.0. The van der Waals surface area contributed by atoms with Crippen LogP contribution in [0, 0.1) is 6.92 Å². The molecule has 1 unspecified atom stereocenters. The van der Waals surface area contributed by atoms with Crippen LogP contribution in [0.25, 0.3) is 0 Å². The van der Waals surface area contributed by atoms with Crippen molar-refractivity contribution in [2.75, 3.05) is 18.1 Å². The lowest BCUT2D eigenvalue weighted by Crippen LogP contribution is -2.44. The highest BCUT2D eigenvalue weighted by molar-refractivity contribution is 7.91. The first kappa shape index (κ1) is 14.5. The minimum Gasteiger partial charge on any atom is -0.319 e. The van der Waals surface area contributed by atoms with Crippen LogP contribution >= 0.6 is 0 Å². The second-order valence-electron chi connectivity index (χ2n) is 5.88. The summed E-state index contributed by atoms with van der Waals surface area (Å²) in [5.74, 6) is 0.425. The highest BCUT2D eigenvalue weighted by atomic mass is 32.2. The van der Waals surface area contributed by atoms with E-state index < -0.39 is 9.84 Å². The zero-order valence-corrected chi connectivity index (χ0v) is 12.9. The van der Waals surface area contributed by atoms with Crippen LogP contribution in [-0.2, 0) is 14.6 Å². The maximum Gasteiger partial charge on any atom is 0.238 e. The molecule has 2 saturated heterocycles. The predicted octanol–water partition coefficient (Wildman–Crippen LogP) is 1.00. The molecule has 0 saturated carbocycles. The normalized spacial score (nSPS) is 26.2. The molecule has 1 amide bonds. The van der Waals surface area contributed by atoms with Crippen molar-refractivity contribution >= 4 is 15.7 Å². The van der Waals surface area contributed by atoms with Crippen molar-refractivity contribution in [2.24, 2.45) is 0 Å². The van der Waals surface area contributed by atoms with Crippen LogP contribution in [0.1, 0.15) is 30.1 Å². The fourth-order valence-electron chi connectivity index (χ4n) is 3.12. The largest absolute Gasteiger partial charge is 0.319 e. The van der Waals surface area contributed by atoms with Gasteiger partial charge in [0.05, 0.1) is 18.1 Å². The van der Waals surface area contributed by atoms with E-state index in [2.05, 4.69) is 5.32 Å². The van der Waals surface area contributed by atoms with Gasteiger partial charge in [-0.2, -0.15) is 0 Å². The summed E-state index contributed by atoms with van der Waals surface area (Å²) in [4.78, 5) is 14.0. The topological polar surface area (TPSA) is 66.5 Å². The van der Waals surface area contributed by atoms with Gasteiger partial charge in [0.15, 0.2) is 0 Å². The first-order chi connectivity index (χ1) is 9.96. The summed E-state index contributed by atoms with van der Waals surface area (Å²) in [6.07, 6.45) is 0.944. The van der Waals surface area contributed by atoms with Gasteiger partial charge in [-0.25, -0.2) is 8.42 Å². The second-order valence-corrected chi connectivity index (χ2v) is 8.18. The number of hydrogen-bond donors (Lipinski definition) is 1. The van der Waals surface area contributed by atoms with Crippen molar-refractivity contribution in [3.05, 3.63) is 35.4 Å². The number of nitrogens with zero attached hydrogens (tertiary/aromatic N) is 1. The Hall–Kier alpha value is -1.40. The standard InChI is InChI=1S/C15H20N2O3S/c1-11-2-4-12(5-3-11)15-16-10-14(18)17(15)13-6-8-21(19,20)9-7-13/h2-5,13,15-16H,6-10H2,1H3. The minimum atomic E-state index is -2.91. The molecule has 21 heavy (non-hydrogen) atoms. The van der Waals surface area contributed by atoms with Crippen molar-refractivity contribution in [3.8, 4) is 0 Å². The zero-order valence-electron chi connectivity index (χ0n) is 12.1. The van der Waals surface area contributed by atoms with E-state index in [1.165, 1.54) is 5.56 Å². The maximum atomic E-state index is 12.2. The molecule has 1 atom stereocenters. The Morgan fingerprint density at radius 1 is 1.14 bits per heavy atom. The number of amides is 1. The first-order valence-electron chi connectivity index (χ1n) is 7.28. The van der Waals surface area contributed by atoms with Crippen LogP contribution in [-0.4, -0.2) is 43.3 Å². The Kier molecular flexibility index (Phi) is 3.75. The van der Waals surface area contributed by atoms with Gasteiger partial charge in [0.25, 0.3) is 0 Å². The molecule has 0 aromatic heterocycles. The van der Waals surface area contributed by atoms with Gasteiger partial charge < -0.3 is 4.90 Å². The fourth-order valence-corrected chi connectivity index (χ4v) is 4.58. The molecule has 2 aliphatic heterocycles. The van der Waals surface area contributed by atoms with Crippen molar-refractivity contribution in [1.29, 1.82) is 0 Å². The molecule has 2 heterocycles. The molecule has 3 rings (SSSR count). The summed E-state index contributed by atoms with van der Waals surface area (Å²) in [5, 5.41) is 3.24. The number of benzene rings is 1. The highest BCUT2D eigenvalue weighted by Gasteiger charge is 2.39. The second kappa shape index (κ2) is 5.42. The molecule has 1 aromatic carbocycles. The number of rotatable bonds is 2. The SMILES string of the molecule is Cc1ccc(C2NCC(=O)N2C2CCS(=O)(=O)CC2)cc1. The molecule has 1 aromatic rings. The van der Waals surface area contributed by atoms with E-state index in [0.29, 0.717) is 19.4 Å². The van der Waals surface area contributed by atoms with Crippen LogP contribution in [0.5, 0.6) is 0 Å². The van der Waals surface area contributed by atoms with Gasteiger partial charge in [-0.15, -0.1) is 0 Å². The van der Waals surface area contributed by atoms with Crippen molar-refractivity contribution < 1.29 is 13.2 Å². The van der Waals surface area contributed by atoms with E-state index in [9.17, 15) is 13.2 Å². The van der Waals surface area contributed by atoms with E-state index in [4.69, 9.17) is 0 Å². The number of aryl methyl sites for hydroxylation is 1. The third kappa shape index (κ3) is 2.96. The number of carbonyl (C=O) groups excluding carboxylic acids is 1. The Balaban J connectivity index is 1.81. The van der Waals surface area contributed by atoms with Crippen LogP contribution in [0.15, 0.2) is 24.3 Å². The Bertz CT molecular complexity index is 625. The summed E-state index contributed by atoms with van der Waals surface area (Å²) >= 11 is 0. The molecule has 114 valence electrons. The number of sulfone groups is 1. The summed E-state index contributed by atoms with van der Waals surface area (Å²) in [7, 11) is -2.91. The molecule has 2 fully saturated rings. The summed E-state index contributed by atoms with van der Waals surface area (Å²) in [5.41, 5.74) is 2.23. The van der Waals surface area contributed by atoms with Crippen LogP contribution in [0.2, 0.25) is 0 Å². The number of hydrogen-bond acceptors (Lipinski definition) is 4. The predicted molar refractivity (Wildman–Crippen MR) is 80.4 cm³/mol. The van der Waals surface area contributed by atoms with E-state index in [0.717, 1.165) is 5.56 Å². The molecular formula is C15H20N2O3S. The molecular weight excluding hydrogens is 288 g/mol. The van der Waals surface area contributed by atoms with Gasteiger partial charge in [-0.05, 0) is 25.3 Å². The Morgan fingerprint density at radius 3 is 2.38 bits per heavy atom. The van der Waals surface area contributed by atoms with E-state index in [1.807, 2.05) is 36.1 Å². The quantitative estimate of drug-likeness (QED) is 0.885. The average molecular weight is 308 g/mol. The molecule has 0 bridgehead atoms. The van der Waals surface area contributed by atoms with E-state index >= 15 is 0 Å². The van der Waals surface area contributed by atoms with Crippen molar-refractivity contribution in [1.82, 2.24) is 10.2 Å². The minimum absolute atomic E-state index is 0.0160. The first-order valence-corrected chi connectivity index (χ1v) is 9.10. The Labute approximate surface area is 125 Å². The molecule has 6 heteroatoms. The van der Waals surface area contributed by atoms with Crippen molar-refractivity contribution in [3.63, 3.8) is 0 Å². The molecule has 0 aliphatic carbocycles. The van der Waals surface area contributed by atoms with Crippen LogP contribution in [0.4, 0.5) is 0 Å². The molecule has 2 aliphatic rings. The van der Waals surface area contributed by atoms with Crippen LogP contribution in [0.3, 0.4) is 0 Å². The summed E-state index contributed by atoms with van der Waals surface area (Å²) in [6.45, 7) is 2.35. The lowest BCUT2D eigenvalue weighted by molar-refractivity contribution is -0.130. The fraction of sp³-hybridized carbons (Fsp3) is 0.533. The van der Waals surface area contributed by atoms with E-state index in [1.54, 1.807) is 0 Å². The van der Waals surface area contributed by atoms with E-state index in [-0.39, 0.29) is 29.6 Å². The number of nitrogens with one attached hydrogen (secondary N) is 1. The monoisotopic (exact) mass is 308 g/mol. The van der Waals surface area contributed by atoms with Gasteiger partial charge in [0.2, 0.25) is 5.91 Å². The van der Waals surface area contributed by atoms with Gasteiger partial charge in [0.1, 0.15) is 16.0 Å².